The second kappa shape index (κ2) is 15.3. The van der Waals surface area contributed by atoms with Crippen LogP contribution in [0.1, 0.15) is 44.2 Å². The molecule has 2 unspecified atom stereocenters. The highest BCUT2D eigenvalue weighted by molar-refractivity contribution is 7.91. The zero-order valence-electron chi connectivity index (χ0n) is 26.1. The van der Waals surface area contributed by atoms with Gasteiger partial charge in [-0.2, -0.15) is 8.78 Å². The van der Waals surface area contributed by atoms with Gasteiger partial charge in [0, 0.05) is 61.6 Å². The number of sulfone groups is 1. The first-order valence-electron chi connectivity index (χ1n) is 15.0. The zero-order valence-corrected chi connectivity index (χ0v) is 26.9. The van der Waals surface area contributed by atoms with Gasteiger partial charge in [0.2, 0.25) is 12.3 Å². The smallest absolute Gasteiger partial charge is 0.314 e. The molecule has 2 fully saturated rings. The SMILES string of the molecule is CCN1C(C)CN(Cc2ccc(N(C=O)Cc3ccc(-c4nnc(C(F)F)o4)cc3F)cc2)CC1C.CN1CCS(=O)(=O)CC1. The average Bonchev–Trinajstić information content (AvgIpc) is 3.50. The molecule has 0 N–H and O–H groups in total. The molecule has 2 saturated heterocycles. The normalized spacial score (nSPS) is 20.9. The van der Waals surface area contributed by atoms with Crippen LogP contribution in [-0.2, 0) is 27.7 Å². The highest BCUT2D eigenvalue weighted by Gasteiger charge is 2.28. The van der Waals surface area contributed by atoms with E-state index in [1.165, 1.54) is 17.0 Å². The standard InChI is InChI=1S/C26H30F3N5O2.C5H11NO2S/c1-4-34-17(2)12-32(13-18(34)3)14-19-5-9-22(10-6-19)33(16-35)15-21-8-7-20(11-23(21)27)25-30-31-26(36-25)24(28)29;1-6-2-4-9(7,8)5-3-6/h5-11,16-18,24H,4,12-15H2,1-3H3;2-5H2,1H3. The molecule has 3 heterocycles. The molecule has 5 rings (SSSR count). The summed E-state index contributed by atoms with van der Waals surface area (Å²) < 4.78 is 66.5. The van der Waals surface area contributed by atoms with Crippen molar-refractivity contribution in [2.24, 2.45) is 0 Å². The summed E-state index contributed by atoms with van der Waals surface area (Å²) in [5, 5.41) is 6.79. The van der Waals surface area contributed by atoms with Crippen LogP contribution in [0.4, 0.5) is 18.9 Å². The first-order valence-corrected chi connectivity index (χ1v) is 16.8. The van der Waals surface area contributed by atoms with Gasteiger partial charge < -0.3 is 14.2 Å². The van der Waals surface area contributed by atoms with Crippen molar-refractivity contribution in [2.45, 2.75) is 52.4 Å². The van der Waals surface area contributed by atoms with Crippen LogP contribution in [0.3, 0.4) is 0 Å². The largest absolute Gasteiger partial charge is 0.415 e. The molecule has 14 heteroatoms. The van der Waals surface area contributed by atoms with Gasteiger partial charge in [-0.3, -0.25) is 14.6 Å². The molecule has 0 spiro atoms. The summed E-state index contributed by atoms with van der Waals surface area (Å²) in [6, 6.07) is 12.8. The molecule has 0 radical (unpaired) electrons. The molecule has 246 valence electrons. The summed E-state index contributed by atoms with van der Waals surface area (Å²) in [7, 11) is -0.718. The molecule has 2 aromatic carbocycles. The lowest BCUT2D eigenvalue weighted by atomic mass is 10.1. The Balaban J connectivity index is 0.000000440. The highest BCUT2D eigenvalue weighted by Crippen LogP contribution is 2.26. The summed E-state index contributed by atoms with van der Waals surface area (Å²) in [4.78, 5) is 20.2. The second-order valence-corrected chi connectivity index (χ2v) is 13.9. The number of nitrogens with zero attached hydrogens (tertiary/aromatic N) is 6. The lowest BCUT2D eigenvalue weighted by molar-refractivity contribution is -0.107. The van der Waals surface area contributed by atoms with Crippen molar-refractivity contribution in [2.75, 3.05) is 56.2 Å². The van der Waals surface area contributed by atoms with Crippen molar-refractivity contribution in [1.82, 2.24) is 24.9 Å². The lowest BCUT2D eigenvalue weighted by Gasteiger charge is -2.44. The molecular formula is C31H41F3N6O4S. The summed E-state index contributed by atoms with van der Waals surface area (Å²) in [5.41, 5.74) is 2.24. The van der Waals surface area contributed by atoms with Crippen LogP contribution in [0.2, 0.25) is 0 Å². The van der Waals surface area contributed by atoms with Gasteiger partial charge in [0.05, 0.1) is 18.1 Å². The predicted molar refractivity (Wildman–Crippen MR) is 166 cm³/mol. The van der Waals surface area contributed by atoms with E-state index in [-0.39, 0.29) is 23.6 Å². The lowest BCUT2D eigenvalue weighted by Crippen LogP contribution is -2.56. The van der Waals surface area contributed by atoms with Crippen LogP contribution in [0, 0.1) is 5.82 Å². The number of hydrogen-bond acceptors (Lipinski definition) is 9. The van der Waals surface area contributed by atoms with Crippen LogP contribution in [-0.4, -0.2) is 103 Å². The molecule has 10 nitrogen and oxygen atoms in total. The third-order valence-electron chi connectivity index (χ3n) is 8.18. The van der Waals surface area contributed by atoms with Crippen molar-refractivity contribution in [3.63, 3.8) is 0 Å². The fraction of sp³-hybridized carbons (Fsp3) is 0.516. The molecule has 1 amide bonds. The second-order valence-electron chi connectivity index (χ2n) is 11.6. The average molecular weight is 651 g/mol. The van der Waals surface area contributed by atoms with Gasteiger partial charge in [0.1, 0.15) is 5.82 Å². The Hall–Kier alpha value is -3.33. The van der Waals surface area contributed by atoms with E-state index < -0.39 is 28.0 Å². The number of benzene rings is 2. The molecule has 0 saturated carbocycles. The third kappa shape index (κ3) is 9.35. The molecule has 1 aromatic heterocycles. The summed E-state index contributed by atoms with van der Waals surface area (Å²) in [5.74, 6) is -0.953. The highest BCUT2D eigenvalue weighted by atomic mass is 32.2. The van der Waals surface area contributed by atoms with Gasteiger partial charge in [-0.25, -0.2) is 12.8 Å². The van der Waals surface area contributed by atoms with E-state index >= 15 is 0 Å². The van der Waals surface area contributed by atoms with Crippen molar-refractivity contribution < 1.29 is 30.8 Å². The Labute approximate surface area is 262 Å². The maximum absolute atomic E-state index is 14.8. The van der Waals surface area contributed by atoms with Crippen molar-refractivity contribution >= 4 is 21.9 Å². The number of alkyl halides is 2. The topological polar surface area (TPSA) is 103 Å². The molecule has 45 heavy (non-hydrogen) atoms. The van der Waals surface area contributed by atoms with E-state index in [0.29, 0.717) is 48.8 Å². The number of halogens is 3. The van der Waals surface area contributed by atoms with Crippen molar-refractivity contribution in [3.05, 3.63) is 65.3 Å². The first-order chi connectivity index (χ1) is 21.4. The number of likely N-dealkylation sites (N-methyl/N-ethyl adjacent to an activating group) is 1. The number of aromatic nitrogens is 2. The number of hydrogen-bond donors (Lipinski definition) is 0. The van der Waals surface area contributed by atoms with Gasteiger partial charge in [-0.15, -0.1) is 10.2 Å². The van der Waals surface area contributed by atoms with Crippen LogP contribution in [0.25, 0.3) is 11.5 Å². The van der Waals surface area contributed by atoms with Gasteiger partial charge in [-0.05, 0) is 57.3 Å². The Morgan fingerprint density at radius 3 is 2.20 bits per heavy atom. The van der Waals surface area contributed by atoms with E-state index in [4.69, 9.17) is 4.42 Å². The zero-order chi connectivity index (χ0) is 32.7. The number of carbonyl (C=O) groups excluding carboxylic acids is 1. The van der Waals surface area contributed by atoms with E-state index in [9.17, 15) is 26.4 Å². The van der Waals surface area contributed by atoms with Gasteiger partial charge >= 0.3 is 6.43 Å². The Morgan fingerprint density at radius 2 is 1.69 bits per heavy atom. The summed E-state index contributed by atoms with van der Waals surface area (Å²) >= 11 is 0. The van der Waals surface area contributed by atoms with Gasteiger partial charge in [0.25, 0.3) is 5.89 Å². The maximum atomic E-state index is 14.8. The Kier molecular flexibility index (Phi) is 11.7. The first kappa shape index (κ1) is 34.5. The van der Waals surface area contributed by atoms with Crippen molar-refractivity contribution in [1.29, 1.82) is 0 Å². The molecule has 2 aliphatic rings. The van der Waals surface area contributed by atoms with E-state index in [0.717, 1.165) is 37.8 Å². The van der Waals surface area contributed by atoms with Crippen LogP contribution < -0.4 is 4.90 Å². The predicted octanol–water partition coefficient (Wildman–Crippen LogP) is 4.24. The minimum Gasteiger partial charge on any atom is -0.415 e. The van der Waals surface area contributed by atoms with Gasteiger partial charge in [-0.1, -0.05) is 25.1 Å². The molecule has 3 aromatic rings. The molecular weight excluding hydrogens is 609 g/mol. The summed E-state index contributed by atoms with van der Waals surface area (Å²) in [6.45, 7) is 12.0. The minimum atomic E-state index is -2.90. The third-order valence-corrected chi connectivity index (χ3v) is 9.79. The monoisotopic (exact) mass is 650 g/mol. The summed E-state index contributed by atoms with van der Waals surface area (Å²) in [6.07, 6.45) is -2.25. The fourth-order valence-electron chi connectivity index (χ4n) is 5.69. The number of amides is 1. The number of piperazine rings is 1. The number of anilines is 1. The van der Waals surface area contributed by atoms with Gasteiger partial charge in [0.15, 0.2) is 9.84 Å². The van der Waals surface area contributed by atoms with E-state index in [1.807, 2.05) is 36.2 Å². The van der Waals surface area contributed by atoms with Crippen LogP contribution >= 0.6 is 0 Å². The van der Waals surface area contributed by atoms with Crippen LogP contribution in [0.5, 0.6) is 0 Å². The van der Waals surface area contributed by atoms with Crippen LogP contribution in [0.15, 0.2) is 46.9 Å². The molecule has 2 atom stereocenters. The van der Waals surface area contributed by atoms with E-state index in [1.54, 1.807) is 0 Å². The molecule has 0 aliphatic carbocycles. The number of rotatable bonds is 9. The maximum Gasteiger partial charge on any atom is 0.314 e. The molecule has 0 bridgehead atoms. The Bertz CT molecular complexity index is 1500. The minimum absolute atomic E-state index is 0.00901. The number of carbonyl (C=O) groups is 1. The fourth-order valence-corrected chi connectivity index (χ4v) is 7.08. The Morgan fingerprint density at radius 1 is 1.04 bits per heavy atom. The quantitative estimate of drug-likeness (QED) is 0.315. The molecule has 2 aliphatic heterocycles. The van der Waals surface area contributed by atoms with Crippen molar-refractivity contribution in [3.8, 4) is 11.5 Å². The van der Waals surface area contributed by atoms with E-state index in [2.05, 4.69) is 40.8 Å².